The highest BCUT2D eigenvalue weighted by Crippen LogP contribution is 2.18. The van der Waals surface area contributed by atoms with Crippen molar-refractivity contribution in [2.24, 2.45) is 4.99 Å². The number of carbonyl (C=O) groups is 1. The van der Waals surface area contributed by atoms with Crippen LogP contribution >= 0.6 is 0 Å². The average Bonchev–Trinajstić information content (AvgIpc) is 2.44. The molecule has 0 radical (unpaired) electrons. The summed E-state index contributed by atoms with van der Waals surface area (Å²) in [5, 5.41) is 5.77. The predicted octanol–water partition coefficient (Wildman–Crippen LogP) is 0.432. The van der Waals surface area contributed by atoms with Crippen molar-refractivity contribution in [2.75, 3.05) is 0 Å². The molecular weight excluding hydrogens is 194 g/mol. The second-order valence-corrected chi connectivity index (χ2v) is 3.43. The van der Waals surface area contributed by atoms with E-state index in [1.165, 1.54) is 0 Å². The van der Waals surface area contributed by atoms with Crippen molar-refractivity contribution in [3.05, 3.63) is 36.2 Å². The number of nitrogens with zero attached hydrogens (tertiary/aromatic N) is 1. The molecule has 3 rings (SSSR count). The van der Waals surface area contributed by atoms with Crippen LogP contribution in [0.2, 0.25) is 0 Å². The number of hydrogen-bond acceptors (Lipinski definition) is 4. The molecule has 5 heteroatoms. The van der Waals surface area contributed by atoms with Crippen LogP contribution in [0.1, 0.15) is 0 Å². The summed E-state index contributed by atoms with van der Waals surface area (Å²) in [5.41, 5.74) is 1.59. The van der Waals surface area contributed by atoms with Gasteiger partial charge in [-0.2, -0.15) is 0 Å². The van der Waals surface area contributed by atoms with E-state index in [9.17, 15) is 4.79 Å². The SMILES string of the molecule is O=C1NC2=CC3=NC=CC=CC3NC2O1. The zero-order chi connectivity index (χ0) is 10.3. The molecule has 1 fully saturated rings. The molecule has 0 aromatic heterocycles. The van der Waals surface area contributed by atoms with Gasteiger partial charge in [-0.1, -0.05) is 12.2 Å². The van der Waals surface area contributed by atoms with E-state index in [0.717, 1.165) is 11.4 Å². The lowest BCUT2D eigenvalue weighted by Crippen LogP contribution is -2.46. The van der Waals surface area contributed by atoms with Gasteiger partial charge in [0.05, 0.1) is 17.5 Å². The largest absolute Gasteiger partial charge is 0.424 e. The van der Waals surface area contributed by atoms with Crippen LogP contribution in [-0.4, -0.2) is 24.1 Å². The molecule has 0 aliphatic carbocycles. The number of aliphatic imine (C=N–C) groups is 1. The third-order valence-corrected chi connectivity index (χ3v) is 2.43. The number of fused-ring (bicyclic) bond motifs is 2. The first-order valence-electron chi connectivity index (χ1n) is 4.69. The maximum Gasteiger partial charge on any atom is 0.413 e. The lowest BCUT2D eigenvalue weighted by atomic mass is 10.1. The van der Waals surface area contributed by atoms with Crippen molar-refractivity contribution in [1.82, 2.24) is 10.6 Å². The second-order valence-electron chi connectivity index (χ2n) is 3.43. The van der Waals surface area contributed by atoms with Crippen LogP contribution in [0, 0.1) is 0 Å². The summed E-state index contributed by atoms with van der Waals surface area (Å²) in [4.78, 5) is 15.3. The van der Waals surface area contributed by atoms with Crippen molar-refractivity contribution in [3.8, 4) is 0 Å². The average molecular weight is 203 g/mol. The first-order valence-corrected chi connectivity index (χ1v) is 4.69. The molecule has 76 valence electrons. The van der Waals surface area contributed by atoms with E-state index in [-0.39, 0.29) is 12.3 Å². The Morgan fingerprint density at radius 3 is 3.27 bits per heavy atom. The van der Waals surface area contributed by atoms with Gasteiger partial charge in [-0.15, -0.1) is 0 Å². The third-order valence-electron chi connectivity index (χ3n) is 2.43. The minimum absolute atomic E-state index is 0.00134. The normalized spacial score (nSPS) is 31.9. The molecule has 0 saturated carbocycles. The van der Waals surface area contributed by atoms with Gasteiger partial charge < -0.3 is 4.74 Å². The molecule has 3 aliphatic heterocycles. The molecule has 15 heavy (non-hydrogen) atoms. The third kappa shape index (κ3) is 1.37. The van der Waals surface area contributed by atoms with Gasteiger partial charge in [0, 0.05) is 6.20 Å². The van der Waals surface area contributed by atoms with E-state index in [1.807, 2.05) is 24.3 Å². The fraction of sp³-hybridized carbons (Fsp3) is 0.200. The maximum atomic E-state index is 11.0. The van der Waals surface area contributed by atoms with Gasteiger partial charge >= 0.3 is 6.09 Å². The van der Waals surface area contributed by atoms with Crippen LogP contribution in [-0.2, 0) is 4.74 Å². The molecule has 1 amide bonds. The van der Waals surface area contributed by atoms with Crippen molar-refractivity contribution in [2.45, 2.75) is 12.3 Å². The van der Waals surface area contributed by atoms with Gasteiger partial charge in [-0.25, -0.2) is 4.79 Å². The van der Waals surface area contributed by atoms with Crippen LogP contribution in [0.15, 0.2) is 41.2 Å². The lowest BCUT2D eigenvalue weighted by molar-refractivity contribution is 0.127. The number of carbonyl (C=O) groups excluding carboxylic acids is 1. The molecule has 3 heterocycles. The summed E-state index contributed by atoms with van der Waals surface area (Å²) in [6.07, 6.45) is 8.53. The Balaban J connectivity index is 1.99. The molecule has 1 saturated heterocycles. The Morgan fingerprint density at radius 2 is 2.33 bits per heavy atom. The maximum absolute atomic E-state index is 11.0. The van der Waals surface area contributed by atoms with Crippen LogP contribution in [0.5, 0.6) is 0 Å². The molecular formula is C10H9N3O2. The summed E-state index contributed by atoms with van der Waals surface area (Å²) >= 11 is 0. The Kier molecular flexibility index (Phi) is 1.72. The minimum Gasteiger partial charge on any atom is -0.424 e. The molecule has 2 unspecified atom stereocenters. The zero-order valence-corrected chi connectivity index (χ0v) is 7.81. The zero-order valence-electron chi connectivity index (χ0n) is 7.81. The van der Waals surface area contributed by atoms with Crippen molar-refractivity contribution < 1.29 is 9.53 Å². The Hall–Kier alpha value is -1.88. The van der Waals surface area contributed by atoms with Crippen LogP contribution in [0.3, 0.4) is 0 Å². The van der Waals surface area contributed by atoms with Gasteiger partial charge in [0.2, 0.25) is 0 Å². The first-order chi connectivity index (χ1) is 7.33. The highest BCUT2D eigenvalue weighted by atomic mass is 16.6. The Morgan fingerprint density at radius 1 is 1.40 bits per heavy atom. The van der Waals surface area contributed by atoms with E-state index in [4.69, 9.17) is 4.74 Å². The number of alkyl carbamates (subject to hydrolysis) is 1. The molecule has 0 aromatic rings. The lowest BCUT2D eigenvalue weighted by Gasteiger charge is -2.23. The van der Waals surface area contributed by atoms with E-state index in [0.29, 0.717) is 0 Å². The first kappa shape index (κ1) is 8.43. The van der Waals surface area contributed by atoms with E-state index in [2.05, 4.69) is 15.6 Å². The van der Waals surface area contributed by atoms with E-state index >= 15 is 0 Å². The highest BCUT2D eigenvalue weighted by Gasteiger charge is 2.34. The van der Waals surface area contributed by atoms with Crippen LogP contribution < -0.4 is 10.6 Å². The molecule has 3 aliphatic rings. The van der Waals surface area contributed by atoms with Crippen molar-refractivity contribution >= 4 is 11.8 Å². The molecule has 2 N–H and O–H groups in total. The smallest absolute Gasteiger partial charge is 0.413 e. The molecule has 0 spiro atoms. The second kappa shape index (κ2) is 3.06. The molecule has 2 atom stereocenters. The fourth-order valence-electron chi connectivity index (χ4n) is 1.74. The Bertz CT molecular complexity index is 434. The number of rotatable bonds is 0. The standard InChI is InChI=1S/C10H9N3O2/c14-10-13-8-5-7-6(12-9(8)15-10)3-1-2-4-11-7/h1-6,9,12H,(H,13,14). The number of allylic oxidation sites excluding steroid dienone is 2. The van der Waals surface area contributed by atoms with Crippen LogP contribution in [0.25, 0.3) is 0 Å². The van der Waals surface area contributed by atoms with Crippen molar-refractivity contribution in [3.63, 3.8) is 0 Å². The highest BCUT2D eigenvalue weighted by molar-refractivity contribution is 6.03. The van der Waals surface area contributed by atoms with Gasteiger partial charge in [-0.05, 0) is 12.2 Å². The molecule has 0 bridgehead atoms. The minimum atomic E-state index is -0.421. The number of nitrogens with one attached hydrogen (secondary N) is 2. The molecule has 5 nitrogen and oxygen atoms in total. The van der Waals surface area contributed by atoms with Crippen molar-refractivity contribution in [1.29, 1.82) is 0 Å². The quantitative estimate of drug-likeness (QED) is 0.600. The fourth-order valence-corrected chi connectivity index (χ4v) is 1.74. The predicted molar refractivity (Wildman–Crippen MR) is 54.1 cm³/mol. The van der Waals surface area contributed by atoms with Gasteiger partial charge in [0.15, 0.2) is 6.23 Å². The van der Waals surface area contributed by atoms with Gasteiger partial charge in [0.25, 0.3) is 0 Å². The number of hydrogen-bond donors (Lipinski definition) is 2. The van der Waals surface area contributed by atoms with Gasteiger partial charge in [-0.3, -0.25) is 15.6 Å². The van der Waals surface area contributed by atoms with E-state index < -0.39 is 6.09 Å². The summed E-state index contributed by atoms with van der Waals surface area (Å²) in [7, 11) is 0. The van der Waals surface area contributed by atoms with Gasteiger partial charge in [0.1, 0.15) is 0 Å². The topological polar surface area (TPSA) is 62.7 Å². The summed E-state index contributed by atoms with van der Waals surface area (Å²) < 4.78 is 5.02. The number of amides is 1. The molecule has 0 aromatic carbocycles. The summed E-state index contributed by atoms with van der Waals surface area (Å²) in [6, 6.07) is 0.00134. The number of ether oxygens (including phenoxy) is 1. The van der Waals surface area contributed by atoms with E-state index in [1.54, 1.807) is 6.20 Å². The monoisotopic (exact) mass is 203 g/mol. The summed E-state index contributed by atoms with van der Waals surface area (Å²) in [5.74, 6) is 0. The summed E-state index contributed by atoms with van der Waals surface area (Å²) in [6.45, 7) is 0. The Labute approximate surface area is 86.2 Å². The van der Waals surface area contributed by atoms with Crippen LogP contribution in [0.4, 0.5) is 4.79 Å².